The number of unbranched alkanes of at least 4 members (excludes halogenated alkanes) is 7. The van der Waals surface area contributed by atoms with Crippen molar-refractivity contribution in [1.82, 2.24) is 0 Å². The Morgan fingerprint density at radius 3 is 1.48 bits per heavy atom. The molecule has 0 bridgehead atoms. The van der Waals surface area contributed by atoms with Gasteiger partial charge in [-0.2, -0.15) is 0 Å². The largest absolute Gasteiger partial charge is 2.00 e. The van der Waals surface area contributed by atoms with Gasteiger partial charge in [0.15, 0.2) is 0 Å². The first kappa shape index (κ1) is 35.1. The Morgan fingerprint density at radius 2 is 1.00 bits per heavy atom. The van der Waals surface area contributed by atoms with E-state index in [0.717, 1.165) is 36.2 Å². The molecule has 3 rings (SSSR count). The van der Waals surface area contributed by atoms with Crippen molar-refractivity contribution in [3.05, 3.63) is 84.4 Å². The van der Waals surface area contributed by atoms with Gasteiger partial charge in [-0.1, -0.05) is 120 Å². The van der Waals surface area contributed by atoms with Gasteiger partial charge in [-0.25, -0.2) is 0 Å². The number of benzene rings is 3. The average molecular weight is 585 g/mol. The van der Waals surface area contributed by atoms with E-state index < -0.39 is 11.5 Å². The molecule has 0 aliphatic heterocycles. The van der Waals surface area contributed by atoms with Crippen LogP contribution in [0.15, 0.2) is 88.8 Å². The zero-order valence-corrected chi connectivity index (χ0v) is 25.5. The fourth-order valence-corrected chi connectivity index (χ4v) is 4.23. The molecule has 4 nitrogen and oxygen atoms in total. The Morgan fingerprint density at radius 1 is 0.550 bits per heavy atom. The zero-order valence-electron chi connectivity index (χ0n) is 24.5. The smallest absolute Gasteiger partial charge is 0.873 e. The van der Waals surface area contributed by atoms with Crippen molar-refractivity contribution in [3.63, 3.8) is 0 Å². The molecule has 40 heavy (non-hydrogen) atoms. The molecule has 0 spiro atoms. The topological polar surface area (TPSA) is 70.8 Å². The molecule has 0 unspecified atom stereocenters. The van der Waals surface area contributed by atoms with Crippen LogP contribution in [0, 0.1) is 0 Å². The van der Waals surface area contributed by atoms with Crippen molar-refractivity contribution >= 4 is 22.8 Å². The third-order valence-electron chi connectivity index (χ3n) is 6.57. The minimum absolute atomic E-state index is 0. The summed E-state index contributed by atoms with van der Waals surface area (Å²) < 4.78 is 0. The molecule has 0 fully saturated rings. The molecule has 0 saturated heterocycles. The fraction of sp³-hybridized carbons (Fsp3) is 0.429. The van der Waals surface area contributed by atoms with Gasteiger partial charge < -0.3 is 10.2 Å². The van der Waals surface area contributed by atoms with Crippen LogP contribution in [0.2, 0.25) is 0 Å². The van der Waals surface area contributed by atoms with Crippen LogP contribution >= 0.6 is 0 Å². The molecular formula is C35H46N2NiO2. The summed E-state index contributed by atoms with van der Waals surface area (Å²) in [5, 5.41) is 21.3. The molecule has 5 heteroatoms. The maximum absolute atomic E-state index is 10.7. The second-order valence-electron chi connectivity index (χ2n) is 9.90. The van der Waals surface area contributed by atoms with E-state index in [1.165, 1.54) is 81.3 Å². The first-order chi connectivity index (χ1) is 19.1. The van der Waals surface area contributed by atoms with Crippen LogP contribution in [0.3, 0.4) is 0 Å². The summed E-state index contributed by atoms with van der Waals surface area (Å²) in [7, 11) is 0. The molecule has 0 atom stereocenters. The van der Waals surface area contributed by atoms with Crippen LogP contribution in [0.4, 0.5) is 11.4 Å². The third kappa shape index (κ3) is 14.5. The second-order valence-corrected chi connectivity index (χ2v) is 9.90. The van der Waals surface area contributed by atoms with Crippen LogP contribution in [-0.2, 0) is 22.9 Å². The van der Waals surface area contributed by atoms with Crippen molar-refractivity contribution in [2.75, 3.05) is 0 Å². The van der Waals surface area contributed by atoms with Gasteiger partial charge in [0.2, 0.25) is 0 Å². The molecule has 0 amide bonds. The molecule has 0 N–H and O–H groups in total. The Hall–Kier alpha value is -2.91. The second kappa shape index (κ2) is 21.9. The first-order valence-electron chi connectivity index (χ1n) is 14.8. The predicted molar refractivity (Wildman–Crippen MR) is 164 cm³/mol. The van der Waals surface area contributed by atoms with E-state index in [2.05, 4.69) is 62.4 Å². The molecule has 0 aliphatic rings. The Labute approximate surface area is 252 Å². The maximum atomic E-state index is 10.7. The van der Waals surface area contributed by atoms with Crippen LogP contribution in [0.25, 0.3) is 0 Å². The van der Waals surface area contributed by atoms with Crippen LogP contribution in [-0.4, -0.2) is 11.4 Å². The van der Waals surface area contributed by atoms with Gasteiger partial charge in [0.25, 0.3) is 0 Å². The molecule has 0 aliphatic carbocycles. The molecule has 3 aromatic rings. The quantitative estimate of drug-likeness (QED) is 0.101. The summed E-state index contributed by atoms with van der Waals surface area (Å²) in [6.07, 6.45) is 14.2. The van der Waals surface area contributed by atoms with Crippen LogP contribution < -0.4 is 10.2 Å². The average Bonchev–Trinajstić information content (AvgIpc) is 2.97. The summed E-state index contributed by atoms with van der Waals surface area (Å²) >= 11 is 0. The molecule has 218 valence electrons. The van der Waals surface area contributed by atoms with Gasteiger partial charge >= 0.3 is 16.5 Å². The third-order valence-corrected chi connectivity index (χ3v) is 6.57. The Bertz CT molecular complexity index is 1110. The summed E-state index contributed by atoms with van der Waals surface area (Å²) in [6.45, 7) is 6.47. The number of hydrogen-bond donors (Lipinski definition) is 0. The van der Waals surface area contributed by atoms with E-state index in [1.807, 2.05) is 19.1 Å². The first-order valence-corrected chi connectivity index (χ1v) is 14.8. The monoisotopic (exact) mass is 584 g/mol. The molecule has 3 aromatic carbocycles. The number of rotatable bonds is 15. The summed E-state index contributed by atoms with van der Waals surface area (Å²) in [4.78, 5) is 10.1. The van der Waals surface area contributed by atoms with Gasteiger partial charge in [0, 0.05) is 0 Å². The predicted octanol–water partition coefficient (Wildman–Crippen LogP) is 9.26. The fourth-order valence-electron chi connectivity index (χ4n) is 4.23. The number of hydrogen-bond acceptors (Lipinski definition) is 4. The van der Waals surface area contributed by atoms with Gasteiger partial charge in [-0.15, -0.1) is 11.5 Å². The van der Waals surface area contributed by atoms with E-state index in [4.69, 9.17) is 9.98 Å². The van der Waals surface area contributed by atoms with Crippen LogP contribution in [0.5, 0.6) is 11.5 Å². The normalized spacial score (nSPS) is 11.4. The summed E-state index contributed by atoms with van der Waals surface area (Å²) in [6, 6.07) is 25.1. The van der Waals surface area contributed by atoms with Crippen molar-refractivity contribution in [1.29, 1.82) is 0 Å². The summed E-state index contributed by atoms with van der Waals surface area (Å²) in [5.74, 6) is -0.823. The van der Waals surface area contributed by atoms with Gasteiger partial charge in [0.1, 0.15) is 0 Å². The van der Waals surface area contributed by atoms with Crippen molar-refractivity contribution < 1.29 is 26.7 Å². The molecule has 0 saturated carbocycles. The van der Waals surface area contributed by atoms with Crippen LogP contribution in [0.1, 0.15) is 97.0 Å². The molecular weight excluding hydrogens is 539 g/mol. The van der Waals surface area contributed by atoms with E-state index >= 15 is 0 Å². The van der Waals surface area contributed by atoms with E-state index in [0.29, 0.717) is 0 Å². The minimum atomic E-state index is -0.419. The summed E-state index contributed by atoms with van der Waals surface area (Å²) in [5.41, 5.74) is 5.32. The van der Waals surface area contributed by atoms with Gasteiger partial charge in [0.05, 0.1) is 22.8 Å². The number of nitrogens with zero attached hydrogens (tertiary/aromatic N) is 2. The number of aliphatic imine (C=N–C) groups is 2. The van der Waals surface area contributed by atoms with Crippen molar-refractivity contribution in [2.45, 2.75) is 97.8 Å². The van der Waals surface area contributed by atoms with E-state index in [1.54, 1.807) is 6.07 Å². The standard InChI is InChI=1S/C27H38N2.C8H10O2.Ni/c1-3-5-7-8-9-17-23-27(29-25-20-15-11-16-21-25)26(22-12-6-4-2)28-24-18-13-10-14-19-24;1-2-6-3-4-7(9)8(10)5-6;/h10-11,13-16,18-21H,3-9,12,17,22-23H2,1-2H3;3-5,9-10H,2H2,1H3;/q;;+2/p-2. The zero-order chi connectivity index (χ0) is 28.1. The van der Waals surface area contributed by atoms with Crippen molar-refractivity contribution in [2.24, 2.45) is 9.98 Å². The van der Waals surface area contributed by atoms with E-state index in [-0.39, 0.29) is 16.5 Å². The minimum Gasteiger partial charge on any atom is -0.873 e. The van der Waals surface area contributed by atoms with E-state index in [9.17, 15) is 10.2 Å². The Balaban J connectivity index is 0.000000612. The van der Waals surface area contributed by atoms with Gasteiger partial charge in [-0.05, 0) is 61.9 Å². The molecule has 0 radical (unpaired) electrons. The SMILES string of the molecule is CCCCCCCCC(=Nc1ccccc1)C(CCCCC)=Nc1ccccc1.CCc1ccc([O-])c([O-])c1.[Ni+2]. The molecule has 0 aromatic heterocycles. The van der Waals surface area contributed by atoms with Crippen molar-refractivity contribution in [3.8, 4) is 11.5 Å². The molecule has 0 heterocycles. The maximum Gasteiger partial charge on any atom is 2.00 e. The number of aryl methyl sites for hydroxylation is 1. The number of para-hydroxylation sites is 2. The van der Waals surface area contributed by atoms with Gasteiger partial charge in [-0.3, -0.25) is 9.98 Å². The Kier molecular flexibility index (Phi) is 19.2.